The second-order valence-electron chi connectivity index (χ2n) is 6.04. The number of fused-ring (bicyclic) bond motifs is 3. The van der Waals surface area contributed by atoms with Crippen LogP contribution in [0.4, 0.5) is 0 Å². The summed E-state index contributed by atoms with van der Waals surface area (Å²) in [5.41, 5.74) is 2.42. The molecule has 1 fully saturated rings. The van der Waals surface area contributed by atoms with Gasteiger partial charge >= 0.3 is 5.97 Å². The molecule has 0 bridgehead atoms. The van der Waals surface area contributed by atoms with Gasteiger partial charge < -0.3 is 4.74 Å². The fourth-order valence-corrected chi connectivity index (χ4v) is 4.08. The van der Waals surface area contributed by atoms with Crippen LogP contribution in [0.25, 0.3) is 0 Å². The predicted molar refractivity (Wildman–Crippen MR) is 75.4 cm³/mol. The number of carbonyl (C=O) groups is 2. The molecule has 20 heavy (non-hydrogen) atoms. The molecule has 3 nitrogen and oxygen atoms in total. The zero-order chi connectivity index (χ0) is 14.2. The van der Waals surface area contributed by atoms with E-state index in [1.807, 2.05) is 6.07 Å². The van der Waals surface area contributed by atoms with Gasteiger partial charge in [-0.1, -0.05) is 24.3 Å². The molecule has 2 aliphatic rings. The summed E-state index contributed by atoms with van der Waals surface area (Å²) in [6, 6.07) is 8.39. The van der Waals surface area contributed by atoms with Crippen molar-refractivity contribution in [2.24, 2.45) is 5.92 Å². The van der Waals surface area contributed by atoms with Crippen LogP contribution >= 0.6 is 0 Å². The number of aryl methyl sites for hydroxylation is 1. The third-order valence-electron chi connectivity index (χ3n) is 5.11. The van der Waals surface area contributed by atoms with Gasteiger partial charge in [0.2, 0.25) is 0 Å². The molecule has 0 aromatic heterocycles. The molecule has 1 aromatic carbocycles. The zero-order valence-corrected chi connectivity index (χ0v) is 11.9. The summed E-state index contributed by atoms with van der Waals surface area (Å²) >= 11 is 0. The minimum absolute atomic E-state index is 0.166. The van der Waals surface area contributed by atoms with E-state index < -0.39 is 0 Å². The lowest BCUT2D eigenvalue weighted by atomic mass is 9.55. The molecular weight excluding hydrogens is 252 g/mol. The normalized spacial score (nSPS) is 28.4. The molecule has 0 aliphatic heterocycles. The van der Waals surface area contributed by atoms with Crippen LogP contribution in [0, 0.1) is 5.92 Å². The molecule has 0 saturated heterocycles. The van der Waals surface area contributed by atoms with Crippen LogP contribution in [-0.4, -0.2) is 18.9 Å². The Balaban J connectivity index is 2.06. The number of hydrogen-bond donors (Lipinski definition) is 0. The standard InChI is InChI=1S/C17H20O3/c1-20-16(19)11-17-9-8-14(18)10-13(17)7-6-12-4-2-3-5-15(12)17/h2-5,13H,6-11H2,1H3/t13-,17-/m0/s1. The summed E-state index contributed by atoms with van der Waals surface area (Å²) in [6.07, 6.45) is 4.39. The maximum Gasteiger partial charge on any atom is 0.306 e. The highest BCUT2D eigenvalue weighted by molar-refractivity contribution is 5.81. The summed E-state index contributed by atoms with van der Waals surface area (Å²) in [5, 5.41) is 0. The van der Waals surface area contributed by atoms with Crippen molar-refractivity contribution in [1.29, 1.82) is 0 Å². The number of hydrogen-bond acceptors (Lipinski definition) is 3. The SMILES string of the molecule is COC(=O)C[C@@]12CCC(=O)C[C@@H]1CCc1ccccc12. The Labute approximate surface area is 119 Å². The van der Waals surface area contributed by atoms with Crippen molar-refractivity contribution >= 4 is 11.8 Å². The number of benzene rings is 1. The van der Waals surface area contributed by atoms with Gasteiger partial charge in [0.25, 0.3) is 0 Å². The van der Waals surface area contributed by atoms with Crippen molar-refractivity contribution in [3.05, 3.63) is 35.4 Å². The molecule has 2 atom stereocenters. The fourth-order valence-electron chi connectivity index (χ4n) is 4.08. The van der Waals surface area contributed by atoms with Crippen molar-refractivity contribution in [2.45, 2.75) is 43.9 Å². The molecule has 1 saturated carbocycles. The number of ether oxygens (including phenoxy) is 1. The Kier molecular flexibility index (Phi) is 3.36. The van der Waals surface area contributed by atoms with Crippen LogP contribution in [0.5, 0.6) is 0 Å². The van der Waals surface area contributed by atoms with Gasteiger partial charge in [0.1, 0.15) is 5.78 Å². The van der Waals surface area contributed by atoms with E-state index in [1.54, 1.807) is 0 Å². The number of methoxy groups -OCH3 is 1. The molecule has 0 heterocycles. The maximum atomic E-state index is 11.9. The molecule has 0 spiro atoms. The van der Waals surface area contributed by atoms with E-state index >= 15 is 0 Å². The van der Waals surface area contributed by atoms with Crippen LogP contribution in [0.15, 0.2) is 24.3 Å². The topological polar surface area (TPSA) is 43.4 Å². The van der Waals surface area contributed by atoms with Crippen LogP contribution in [-0.2, 0) is 26.2 Å². The Morgan fingerprint density at radius 1 is 1.35 bits per heavy atom. The van der Waals surface area contributed by atoms with Crippen molar-refractivity contribution in [2.75, 3.05) is 7.11 Å². The van der Waals surface area contributed by atoms with Gasteiger partial charge in [0.05, 0.1) is 13.5 Å². The Morgan fingerprint density at radius 2 is 2.15 bits per heavy atom. The number of Topliss-reactive ketones (excluding diaryl/α,β-unsaturated/α-hetero) is 1. The predicted octanol–water partition coefficient (Wildman–Crippen LogP) is 2.80. The zero-order valence-electron chi connectivity index (χ0n) is 11.9. The smallest absolute Gasteiger partial charge is 0.306 e. The van der Waals surface area contributed by atoms with Crippen LogP contribution in [0.1, 0.15) is 43.2 Å². The highest BCUT2D eigenvalue weighted by Crippen LogP contribution is 2.51. The van der Waals surface area contributed by atoms with Crippen molar-refractivity contribution < 1.29 is 14.3 Å². The first-order chi connectivity index (χ1) is 9.65. The molecule has 0 amide bonds. The van der Waals surface area contributed by atoms with E-state index in [4.69, 9.17) is 4.74 Å². The fraction of sp³-hybridized carbons (Fsp3) is 0.529. The molecule has 3 rings (SSSR count). The summed E-state index contributed by atoms with van der Waals surface area (Å²) in [4.78, 5) is 23.7. The van der Waals surface area contributed by atoms with Gasteiger partial charge in [-0.15, -0.1) is 0 Å². The second kappa shape index (κ2) is 5.04. The van der Waals surface area contributed by atoms with Gasteiger partial charge in [0.15, 0.2) is 0 Å². The van der Waals surface area contributed by atoms with E-state index in [2.05, 4.69) is 18.2 Å². The summed E-state index contributed by atoms with van der Waals surface area (Å²) in [7, 11) is 1.44. The van der Waals surface area contributed by atoms with Gasteiger partial charge in [-0.25, -0.2) is 0 Å². The van der Waals surface area contributed by atoms with E-state index in [-0.39, 0.29) is 17.3 Å². The van der Waals surface area contributed by atoms with Crippen LogP contribution in [0.2, 0.25) is 0 Å². The lowest BCUT2D eigenvalue weighted by Gasteiger charge is -2.47. The van der Waals surface area contributed by atoms with Gasteiger partial charge in [0, 0.05) is 18.3 Å². The average molecular weight is 272 g/mol. The minimum Gasteiger partial charge on any atom is -0.469 e. The molecule has 3 heteroatoms. The largest absolute Gasteiger partial charge is 0.469 e. The Hall–Kier alpha value is -1.64. The second-order valence-corrected chi connectivity index (χ2v) is 6.04. The Morgan fingerprint density at radius 3 is 2.95 bits per heavy atom. The summed E-state index contributed by atoms with van der Waals surface area (Å²) in [6.45, 7) is 0. The third kappa shape index (κ3) is 2.05. The van der Waals surface area contributed by atoms with E-state index in [1.165, 1.54) is 18.2 Å². The molecule has 0 N–H and O–H groups in total. The molecule has 2 aliphatic carbocycles. The highest BCUT2D eigenvalue weighted by Gasteiger charge is 2.48. The quantitative estimate of drug-likeness (QED) is 0.778. The van der Waals surface area contributed by atoms with Gasteiger partial charge in [-0.05, 0) is 36.3 Å². The lowest BCUT2D eigenvalue weighted by Crippen LogP contribution is -2.45. The van der Waals surface area contributed by atoms with Gasteiger partial charge in [-0.2, -0.15) is 0 Å². The van der Waals surface area contributed by atoms with E-state index in [0.29, 0.717) is 25.0 Å². The third-order valence-corrected chi connectivity index (χ3v) is 5.11. The number of rotatable bonds is 2. The van der Waals surface area contributed by atoms with Crippen molar-refractivity contribution in [3.63, 3.8) is 0 Å². The van der Waals surface area contributed by atoms with Crippen LogP contribution in [0.3, 0.4) is 0 Å². The first-order valence-corrected chi connectivity index (χ1v) is 7.32. The number of esters is 1. The van der Waals surface area contributed by atoms with Crippen LogP contribution < -0.4 is 0 Å². The number of carbonyl (C=O) groups excluding carboxylic acids is 2. The highest BCUT2D eigenvalue weighted by atomic mass is 16.5. The van der Waals surface area contributed by atoms with Gasteiger partial charge in [-0.3, -0.25) is 9.59 Å². The molecular formula is C17H20O3. The summed E-state index contributed by atoms with van der Waals surface area (Å²) < 4.78 is 4.91. The maximum absolute atomic E-state index is 11.9. The summed E-state index contributed by atoms with van der Waals surface area (Å²) in [5.74, 6) is 0.466. The Bertz CT molecular complexity index is 549. The number of ketones is 1. The molecule has 0 unspecified atom stereocenters. The lowest BCUT2D eigenvalue weighted by molar-refractivity contribution is -0.144. The molecule has 0 radical (unpaired) electrons. The first kappa shape index (κ1) is 13.3. The van der Waals surface area contributed by atoms with Crippen molar-refractivity contribution in [1.82, 2.24) is 0 Å². The first-order valence-electron chi connectivity index (χ1n) is 7.32. The van der Waals surface area contributed by atoms with Crippen molar-refractivity contribution in [3.8, 4) is 0 Å². The van der Waals surface area contributed by atoms with E-state index in [9.17, 15) is 9.59 Å². The average Bonchev–Trinajstić information content (AvgIpc) is 2.48. The van der Waals surface area contributed by atoms with E-state index in [0.717, 1.165) is 19.3 Å². The minimum atomic E-state index is -0.185. The molecule has 106 valence electrons. The molecule has 1 aromatic rings. The monoisotopic (exact) mass is 272 g/mol.